The molecule has 0 aliphatic carbocycles. The van der Waals surface area contributed by atoms with Crippen LogP contribution in [-0.2, 0) is 6.54 Å². The number of hydrogen-bond donors (Lipinski definition) is 1. The number of carbonyl (C=O) groups excluding carboxylic acids is 2. The fourth-order valence-corrected chi connectivity index (χ4v) is 3.40. The minimum atomic E-state index is -0.289. The smallest absolute Gasteiger partial charge is 0.253 e. The normalized spacial score (nSPS) is 10.4. The van der Waals surface area contributed by atoms with E-state index in [1.165, 1.54) is 0 Å². The Morgan fingerprint density at radius 2 is 1.87 bits per heavy atom. The molecule has 0 saturated heterocycles. The zero-order valence-corrected chi connectivity index (χ0v) is 18.2. The molecule has 31 heavy (non-hydrogen) atoms. The maximum atomic E-state index is 12.7. The molecular weight excluding hydrogens is 414 g/mol. The number of aldehydes is 1. The zero-order valence-electron chi connectivity index (χ0n) is 17.5. The summed E-state index contributed by atoms with van der Waals surface area (Å²) in [6.45, 7) is 2.87. The van der Waals surface area contributed by atoms with Crippen molar-refractivity contribution in [1.82, 2.24) is 5.32 Å². The Morgan fingerprint density at radius 1 is 1.06 bits per heavy atom. The van der Waals surface area contributed by atoms with Crippen molar-refractivity contribution in [2.75, 3.05) is 13.7 Å². The second-order valence-electron chi connectivity index (χ2n) is 6.94. The van der Waals surface area contributed by atoms with Gasteiger partial charge in [0.15, 0.2) is 0 Å². The summed E-state index contributed by atoms with van der Waals surface area (Å²) in [5.41, 5.74) is 3.61. The molecule has 1 amide bonds. The Kier molecular flexibility index (Phi) is 7.68. The number of ether oxygens (including phenoxy) is 2. The van der Waals surface area contributed by atoms with Crippen LogP contribution in [0, 0.1) is 0 Å². The van der Waals surface area contributed by atoms with E-state index in [9.17, 15) is 9.59 Å². The molecule has 3 rings (SSSR count). The lowest BCUT2D eigenvalue weighted by atomic mass is 10.0. The minimum Gasteiger partial charge on any atom is -0.496 e. The van der Waals surface area contributed by atoms with E-state index in [-0.39, 0.29) is 12.5 Å². The molecular formula is C25H24ClNO4. The van der Waals surface area contributed by atoms with Crippen LogP contribution in [0.25, 0.3) is 11.1 Å². The summed E-state index contributed by atoms with van der Waals surface area (Å²) < 4.78 is 11.0. The molecule has 0 unspecified atom stereocenters. The number of halogens is 1. The Labute approximate surface area is 187 Å². The first kappa shape index (κ1) is 22.4. The van der Waals surface area contributed by atoms with Crippen molar-refractivity contribution >= 4 is 23.8 Å². The van der Waals surface area contributed by atoms with E-state index in [2.05, 4.69) is 5.32 Å². The van der Waals surface area contributed by atoms with Crippen molar-refractivity contribution in [3.05, 3.63) is 82.4 Å². The molecule has 0 aliphatic heterocycles. The highest BCUT2D eigenvalue weighted by Crippen LogP contribution is 2.28. The van der Waals surface area contributed by atoms with Gasteiger partial charge < -0.3 is 14.8 Å². The topological polar surface area (TPSA) is 64.6 Å². The number of rotatable bonds is 9. The molecule has 160 valence electrons. The van der Waals surface area contributed by atoms with Crippen LogP contribution in [0.4, 0.5) is 0 Å². The van der Waals surface area contributed by atoms with E-state index in [4.69, 9.17) is 21.1 Å². The Hall–Kier alpha value is -3.31. The van der Waals surface area contributed by atoms with Gasteiger partial charge in [0, 0.05) is 17.7 Å². The third-order valence-electron chi connectivity index (χ3n) is 4.73. The lowest BCUT2D eigenvalue weighted by Crippen LogP contribution is -2.23. The van der Waals surface area contributed by atoms with Crippen LogP contribution < -0.4 is 14.8 Å². The molecule has 5 nitrogen and oxygen atoms in total. The summed E-state index contributed by atoms with van der Waals surface area (Å²) >= 11 is 6.28. The molecule has 1 N–H and O–H groups in total. The average molecular weight is 438 g/mol. The van der Waals surface area contributed by atoms with Crippen LogP contribution in [0.15, 0.2) is 60.7 Å². The van der Waals surface area contributed by atoms with Crippen LogP contribution in [-0.4, -0.2) is 25.9 Å². The monoisotopic (exact) mass is 437 g/mol. The summed E-state index contributed by atoms with van der Waals surface area (Å²) in [6, 6.07) is 18.1. The van der Waals surface area contributed by atoms with Gasteiger partial charge in [-0.2, -0.15) is 0 Å². The van der Waals surface area contributed by atoms with Gasteiger partial charge in [-0.15, -0.1) is 0 Å². The Bertz CT molecular complexity index is 1080. The predicted molar refractivity (Wildman–Crippen MR) is 122 cm³/mol. The molecule has 0 saturated carbocycles. The number of hydrogen-bond acceptors (Lipinski definition) is 4. The van der Waals surface area contributed by atoms with Crippen LogP contribution >= 0.6 is 11.6 Å². The van der Waals surface area contributed by atoms with E-state index in [0.29, 0.717) is 34.3 Å². The lowest BCUT2D eigenvalue weighted by Gasteiger charge is -2.13. The Morgan fingerprint density at radius 3 is 2.58 bits per heavy atom. The molecule has 3 aromatic carbocycles. The maximum Gasteiger partial charge on any atom is 0.253 e. The zero-order chi connectivity index (χ0) is 22.2. The first-order chi connectivity index (χ1) is 15.0. The van der Waals surface area contributed by atoms with Crippen molar-refractivity contribution in [3.63, 3.8) is 0 Å². The van der Waals surface area contributed by atoms with Crippen LogP contribution in [0.1, 0.15) is 39.6 Å². The van der Waals surface area contributed by atoms with Crippen molar-refractivity contribution in [1.29, 1.82) is 0 Å². The van der Waals surface area contributed by atoms with Gasteiger partial charge in [-0.25, -0.2) is 0 Å². The highest BCUT2D eigenvalue weighted by atomic mass is 35.5. The minimum absolute atomic E-state index is 0.258. The quantitative estimate of drug-likeness (QED) is 0.446. The predicted octanol–water partition coefficient (Wildman–Crippen LogP) is 5.55. The highest BCUT2D eigenvalue weighted by Gasteiger charge is 2.13. The first-order valence-electron chi connectivity index (χ1n) is 9.98. The second kappa shape index (κ2) is 10.6. The second-order valence-corrected chi connectivity index (χ2v) is 7.35. The van der Waals surface area contributed by atoms with Gasteiger partial charge in [0.1, 0.15) is 17.8 Å². The summed E-state index contributed by atoms with van der Waals surface area (Å²) in [7, 11) is 1.58. The largest absolute Gasteiger partial charge is 0.496 e. The van der Waals surface area contributed by atoms with Gasteiger partial charge in [0.05, 0.1) is 24.3 Å². The lowest BCUT2D eigenvalue weighted by molar-refractivity contribution is 0.0950. The number of nitrogens with one attached hydrogen (secondary N) is 1. The van der Waals surface area contributed by atoms with Crippen molar-refractivity contribution in [3.8, 4) is 22.6 Å². The fourth-order valence-electron chi connectivity index (χ4n) is 3.15. The molecule has 0 fully saturated rings. The van der Waals surface area contributed by atoms with Gasteiger partial charge >= 0.3 is 0 Å². The molecule has 0 heterocycles. The summed E-state index contributed by atoms with van der Waals surface area (Å²) in [4.78, 5) is 23.8. The summed E-state index contributed by atoms with van der Waals surface area (Å²) in [5.74, 6) is 1.00. The highest BCUT2D eigenvalue weighted by molar-refractivity contribution is 6.34. The number of methoxy groups -OCH3 is 1. The van der Waals surface area contributed by atoms with Crippen LogP contribution in [0.3, 0.4) is 0 Å². The van der Waals surface area contributed by atoms with E-state index < -0.39 is 0 Å². The van der Waals surface area contributed by atoms with E-state index in [0.717, 1.165) is 29.4 Å². The van der Waals surface area contributed by atoms with Gasteiger partial charge in [0.2, 0.25) is 0 Å². The SMILES string of the molecule is CCCOc1ccc(C(=O)NCc2cc(-c3cccc(C=O)c3)ccc2OC)c(Cl)c1. The van der Waals surface area contributed by atoms with E-state index in [1.54, 1.807) is 31.4 Å². The summed E-state index contributed by atoms with van der Waals surface area (Å²) in [5, 5.41) is 3.23. The summed E-state index contributed by atoms with van der Waals surface area (Å²) in [6.07, 6.45) is 1.71. The van der Waals surface area contributed by atoms with E-state index >= 15 is 0 Å². The van der Waals surface area contributed by atoms with E-state index in [1.807, 2.05) is 43.3 Å². The van der Waals surface area contributed by atoms with Gasteiger partial charge in [0.25, 0.3) is 5.91 Å². The van der Waals surface area contributed by atoms with Gasteiger partial charge in [-0.1, -0.05) is 42.8 Å². The molecule has 0 atom stereocenters. The molecule has 0 radical (unpaired) electrons. The first-order valence-corrected chi connectivity index (χ1v) is 10.4. The molecule has 0 spiro atoms. The number of carbonyl (C=O) groups is 2. The maximum absolute atomic E-state index is 12.7. The van der Waals surface area contributed by atoms with Gasteiger partial charge in [-0.05, 0) is 53.9 Å². The van der Waals surface area contributed by atoms with Crippen molar-refractivity contribution in [2.45, 2.75) is 19.9 Å². The molecule has 3 aromatic rings. The Balaban J connectivity index is 1.77. The van der Waals surface area contributed by atoms with Crippen LogP contribution in [0.2, 0.25) is 5.02 Å². The standard InChI is InChI=1S/C25H24ClNO4/c1-3-11-31-21-8-9-22(23(26)14-21)25(29)27-15-20-13-19(7-10-24(20)30-2)18-6-4-5-17(12-18)16-28/h4-10,12-14,16H,3,11,15H2,1-2H3,(H,27,29). The number of amides is 1. The van der Waals surface area contributed by atoms with Crippen molar-refractivity contribution in [2.24, 2.45) is 0 Å². The molecule has 0 aliphatic rings. The molecule has 0 aromatic heterocycles. The third-order valence-corrected chi connectivity index (χ3v) is 5.05. The molecule has 0 bridgehead atoms. The van der Waals surface area contributed by atoms with Crippen LogP contribution in [0.5, 0.6) is 11.5 Å². The average Bonchev–Trinajstić information content (AvgIpc) is 2.81. The fraction of sp³-hybridized carbons (Fsp3) is 0.200. The molecule has 6 heteroatoms. The van der Waals surface area contributed by atoms with Crippen molar-refractivity contribution < 1.29 is 19.1 Å². The van der Waals surface area contributed by atoms with Gasteiger partial charge in [-0.3, -0.25) is 9.59 Å². The number of benzene rings is 3. The third kappa shape index (κ3) is 5.64.